The molecule has 0 amide bonds. The van der Waals surface area contributed by atoms with Crippen molar-refractivity contribution in [3.8, 4) is 0 Å². The van der Waals surface area contributed by atoms with Gasteiger partial charge in [0.25, 0.3) is 0 Å². The van der Waals surface area contributed by atoms with E-state index in [4.69, 9.17) is 0 Å². The minimum absolute atomic E-state index is 0.431. The standard InChI is InChI=1S/C15H19NO2/c1-16-12-7-8-13(16)10-15(9-12,14(17)18)11-5-3-2-4-6-11/h2-6,12-13H,7-10H2,1H3,(H,17,18)/t12-,13+,15?. The van der Waals surface area contributed by atoms with Crippen molar-refractivity contribution in [2.45, 2.75) is 43.2 Å². The zero-order chi connectivity index (χ0) is 12.8. The number of rotatable bonds is 2. The lowest BCUT2D eigenvalue weighted by molar-refractivity contribution is -0.147. The van der Waals surface area contributed by atoms with Crippen LogP contribution in [0, 0.1) is 0 Å². The number of piperidine rings is 1. The van der Waals surface area contributed by atoms with Gasteiger partial charge >= 0.3 is 5.97 Å². The summed E-state index contributed by atoms with van der Waals surface area (Å²) in [5, 5.41) is 9.77. The Morgan fingerprint density at radius 1 is 1.22 bits per heavy atom. The van der Waals surface area contributed by atoms with E-state index >= 15 is 0 Å². The summed E-state index contributed by atoms with van der Waals surface area (Å²) in [7, 11) is 2.14. The van der Waals surface area contributed by atoms with Gasteiger partial charge in [0.05, 0.1) is 5.41 Å². The maximum absolute atomic E-state index is 11.9. The molecule has 0 aromatic heterocycles. The van der Waals surface area contributed by atoms with Crippen molar-refractivity contribution in [3.63, 3.8) is 0 Å². The number of aliphatic carboxylic acids is 1. The third kappa shape index (κ3) is 1.57. The maximum Gasteiger partial charge on any atom is 0.314 e. The SMILES string of the molecule is CN1[C@@H]2CC[C@H]1CC(C(=O)O)(c1ccccc1)C2. The second-order valence-electron chi connectivity index (χ2n) is 5.71. The summed E-state index contributed by atoms with van der Waals surface area (Å²) in [6.45, 7) is 0. The molecule has 2 heterocycles. The fraction of sp³-hybridized carbons (Fsp3) is 0.533. The number of carbonyl (C=O) groups is 1. The van der Waals surface area contributed by atoms with Crippen molar-refractivity contribution in [2.24, 2.45) is 0 Å². The number of hydrogen-bond donors (Lipinski definition) is 1. The Bertz CT molecular complexity index is 443. The number of carboxylic acid groups (broad SMARTS) is 1. The molecule has 2 fully saturated rings. The molecule has 3 atom stereocenters. The van der Waals surface area contributed by atoms with E-state index in [1.54, 1.807) is 0 Å². The van der Waals surface area contributed by atoms with Crippen LogP contribution in [0.2, 0.25) is 0 Å². The normalized spacial score (nSPS) is 35.6. The van der Waals surface area contributed by atoms with Crippen LogP contribution in [0.4, 0.5) is 0 Å². The molecule has 2 aliphatic heterocycles. The summed E-state index contributed by atoms with van der Waals surface area (Å²) < 4.78 is 0. The first-order chi connectivity index (χ1) is 8.63. The van der Waals surface area contributed by atoms with E-state index in [9.17, 15) is 9.90 Å². The predicted octanol–water partition coefficient (Wildman–Crippen LogP) is 2.27. The lowest BCUT2D eigenvalue weighted by Gasteiger charge is -2.43. The molecule has 18 heavy (non-hydrogen) atoms. The fourth-order valence-corrected chi connectivity index (χ4v) is 3.76. The van der Waals surface area contributed by atoms with Gasteiger partial charge in [-0.2, -0.15) is 0 Å². The molecule has 96 valence electrons. The molecule has 0 radical (unpaired) electrons. The van der Waals surface area contributed by atoms with Crippen molar-refractivity contribution in [1.29, 1.82) is 0 Å². The molecule has 0 spiro atoms. The molecule has 1 unspecified atom stereocenters. The molecule has 0 aliphatic carbocycles. The summed E-state index contributed by atoms with van der Waals surface area (Å²) >= 11 is 0. The van der Waals surface area contributed by atoms with Gasteiger partial charge in [0, 0.05) is 12.1 Å². The van der Waals surface area contributed by atoms with Gasteiger partial charge in [-0.1, -0.05) is 30.3 Å². The van der Waals surface area contributed by atoms with Gasteiger partial charge in [0.2, 0.25) is 0 Å². The topological polar surface area (TPSA) is 40.5 Å². The molecule has 0 saturated carbocycles. The Kier molecular flexibility index (Phi) is 2.67. The van der Waals surface area contributed by atoms with Crippen molar-refractivity contribution in [3.05, 3.63) is 35.9 Å². The van der Waals surface area contributed by atoms with E-state index in [2.05, 4.69) is 11.9 Å². The van der Waals surface area contributed by atoms with Crippen LogP contribution in [0.3, 0.4) is 0 Å². The molecule has 2 aliphatic rings. The summed E-state index contributed by atoms with van der Waals surface area (Å²) in [6, 6.07) is 10.6. The minimum atomic E-state index is -0.667. The highest BCUT2D eigenvalue weighted by atomic mass is 16.4. The first-order valence-corrected chi connectivity index (χ1v) is 6.64. The second-order valence-corrected chi connectivity index (χ2v) is 5.71. The lowest BCUT2D eigenvalue weighted by Crippen LogP contribution is -2.51. The Morgan fingerprint density at radius 2 is 1.78 bits per heavy atom. The van der Waals surface area contributed by atoms with Gasteiger partial charge in [0.15, 0.2) is 0 Å². The van der Waals surface area contributed by atoms with Gasteiger partial charge in [-0.25, -0.2) is 0 Å². The highest BCUT2D eigenvalue weighted by molar-refractivity contribution is 5.82. The average Bonchev–Trinajstić information content (AvgIpc) is 2.63. The number of nitrogens with zero attached hydrogens (tertiary/aromatic N) is 1. The van der Waals surface area contributed by atoms with Crippen molar-refractivity contribution >= 4 is 5.97 Å². The molecule has 3 nitrogen and oxygen atoms in total. The molecule has 1 aromatic rings. The molecule has 3 heteroatoms. The van der Waals surface area contributed by atoms with Gasteiger partial charge < -0.3 is 10.0 Å². The summed E-state index contributed by atoms with van der Waals surface area (Å²) in [5.41, 5.74) is 0.307. The third-order valence-electron chi connectivity index (χ3n) is 4.89. The zero-order valence-corrected chi connectivity index (χ0v) is 10.7. The van der Waals surface area contributed by atoms with Crippen molar-refractivity contribution in [1.82, 2.24) is 4.90 Å². The number of benzene rings is 1. The van der Waals surface area contributed by atoms with E-state index in [-0.39, 0.29) is 0 Å². The monoisotopic (exact) mass is 245 g/mol. The lowest BCUT2D eigenvalue weighted by atomic mass is 9.70. The Labute approximate surface area is 107 Å². The van der Waals surface area contributed by atoms with E-state index in [1.807, 2.05) is 30.3 Å². The Morgan fingerprint density at radius 3 is 2.28 bits per heavy atom. The molecule has 1 aromatic carbocycles. The highest BCUT2D eigenvalue weighted by Crippen LogP contribution is 2.46. The van der Waals surface area contributed by atoms with Crippen LogP contribution in [0.1, 0.15) is 31.2 Å². The summed E-state index contributed by atoms with van der Waals surface area (Å²) in [5.74, 6) is -0.654. The van der Waals surface area contributed by atoms with Crippen LogP contribution in [0.5, 0.6) is 0 Å². The Balaban J connectivity index is 2.02. The van der Waals surface area contributed by atoms with E-state index in [0.29, 0.717) is 12.1 Å². The highest BCUT2D eigenvalue weighted by Gasteiger charge is 2.52. The maximum atomic E-state index is 11.9. The molecular formula is C15H19NO2. The molecular weight excluding hydrogens is 226 g/mol. The predicted molar refractivity (Wildman–Crippen MR) is 69.6 cm³/mol. The molecule has 2 bridgehead atoms. The van der Waals surface area contributed by atoms with Crippen LogP contribution in [0.25, 0.3) is 0 Å². The van der Waals surface area contributed by atoms with Crippen molar-refractivity contribution < 1.29 is 9.90 Å². The first-order valence-electron chi connectivity index (χ1n) is 6.64. The van der Waals surface area contributed by atoms with Gasteiger partial charge in [-0.05, 0) is 38.3 Å². The van der Waals surface area contributed by atoms with Gasteiger partial charge in [-0.15, -0.1) is 0 Å². The summed E-state index contributed by atoms with van der Waals surface area (Å²) in [6.07, 6.45) is 3.78. The van der Waals surface area contributed by atoms with Crippen LogP contribution in [-0.2, 0) is 10.2 Å². The van der Waals surface area contributed by atoms with Crippen LogP contribution in [0.15, 0.2) is 30.3 Å². The van der Waals surface area contributed by atoms with Gasteiger partial charge in [-0.3, -0.25) is 4.79 Å². The average molecular weight is 245 g/mol. The molecule has 2 saturated heterocycles. The Hall–Kier alpha value is -1.35. The van der Waals surface area contributed by atoms with Crippen LogP contribution >= 0.6 is 0 Å². The molecule has 3 rings (SSSR count). The quantitative estimate of drug-likeness (QED) is 0.869. The summed E-state index contributed by atoms with van der Waals surface area (Å²) in [4.78, 5) is 14.3. The minimum Gasteiger partial charge on any atom is -0.481 e. The largest absolute Gasteiger partial charge is 0.481 e. The van der Waals surface area contributed by atoms with Crippen LogP contribution in [-0.4, -0.2) is 35.1 Å². The first kappa shape index (κ1) is 11.7. The number of carboxylic acids is 1. The van der Waals surface area contributed by atoms with Crippen molar-refractivity contribution in [2.75, 3.05) is 7.05 Å². The number of hydrogen-bond acceptors (Lipinski definition) is 2. The van der Waals surface area contributed by atoms with E-state index < -0.39 is 11.4 Å². The van der Waals surface area contributed by atoms with Crippen LogP contribution < -0.4 is 0 Å². The smallest absolute Gasteiger partial charge is 0.314 e. The zero-order valence-electron chi connectivity index (χ0n) is 10.7. The third-order valence-corrected chi connectivity index (χ3v) is 4.89. The van der Waals surface area contributed by atoms with Gasteiger partial charge in [0.1, 0.15) is 0 Å². The second kappa shape index (κ2) is 4.09. The van der Waals surface area contributed by atoms with E-state index in [1.165, 1.54) is 0 Å². The molecule has 1 N–H and O–H groups in total. The van der Waals surface area contributed by atoms with E-state index in [0.717, 1.165) is 31.2 Å². The number of fused-ring (bicyclic) bond motifs is 2. The fourth-order valence-electron chi connectivity index (χ4n) is 3.76.